The van der Waals surface area contributed by atoms with E-state index in [0.29, 0.717) is 23.0 Å². The molecule has 0 saturated heterocycles. The summed E-state index contributed by atoms with van der Waals surface area (Å²) >= 11 is 6.20. The fourth-order valence-corrected chi connectivity index (χ4v) is 3.02. The highest BCUT2D eigenvalue weighted by atomic mass is 35.5. The summed E-state index contributed by atoms with van der Waals surface area (Å²) < 4.78 is 6.74. The van der Waals surface area contributed by atoms with E-state index in [4.69, 9.17) is 16.3 Å². The van der Waals surface area contributed by atoms with Gasteiger partial charge in [-0.05, 0) is 42.3 Å². The summed E-state index contributed by atoms with van der Waals surface area (Å²) in [4.78, 5) is 25.2. The van der Waals surface area contributed by atoms with E-state index in [0.717, 1.165) is 11.1 Å². The van der Waals surface area contributed by atoms with Crippen molar-refractivity contribution in [2.24, 2.45) is 0 Å². The van der Waals surface area contributed by atoms with Crippen LogP contribution in [0.25, 0.3) is 0 Å². The van der Waals surface area contributed by atoms with Gasteiger partial charge in [0.1, 0.15) is 11.4 Å². The number of aryl methyl sites for hydroxylation is 1. The minimum Gasteiger partial charge on any atom is -0.495 e. The molecule has 144 valence electrons. The molecule has 0 saturated carbocycles. The van der Waals surface area contributed by atoms with E-state index in [-0.39, 0.29) is 11.2 Å². The molecule has 0 aliphatic heterocycles. The summed E-state index contributed by atoms with van der Waals surface area (Å²) in [5.41, 5.74) is 2.02. The molecule has 3 rings (SSSR count). The van der Waals surface area contributed by atoms with Crippen molar-refractivity contribution in [1.82, 2.24) is 4.57 Å². The average molecular weight is 398 g/mol. The molecule has 1 aromatic heterocycles. The van der Waals surface area contributed by atoms with Crippen LogP contribution in [-0.2, 0) is 6.54 Å². The molecule has 0 bridgehead atoms. The fourth-order valence-electron chi connectivity index (χ4n) is 2.83. The molecular formula is C21H20ClN3O3. The third kappa shape index (κ3) is 4.53. The lowest BCUT2D eigenvalue weighted by molar-refractivity contribution is 0.262. The zero-order chi connectivity index (χ0) is 20.1. The van der Waals surface area contributed by atoms with Crippen LogP contribution in [0.4, 0.5) is 16.2 Å². The number of hydrogen-bond acceptors (Lipinski definition) is 3. The number of nitrogens with zero attached hydrogens (tertiary/aromatic N) is 1. The van der Waals surface area contributed by atoms with Gasteiger partial charge in [-0.1, -0.05) is 41.9 Å². The monoisotopic (exact) mass is 397 g/mol. The van der Waals surface area contributed by atoms with E-state index < -0.39 is 6.03 Å². The maximum Gasteiger partial charge on any atom is 0.323 e. The minimum absolute atomic E-state index is 0.180. The molecule has 0 unspecified atom stereocenters. The molecule has 0 aliphatic carbocycles. The molecule has 6 nitrogen and oxygen atoms in total. The molecule has 7 heteroatoms. The molecular weight excluding hydrogens is 378 g/mol. The van der Waals surface area contributed by atoms with Gasteiger partial charge >= 0.3 is 6.03 Å². The summed E-state index contributed by atoms with van der Waals surface area (Å²) in [6.45, 7) is 2.16. The van der Waals surface area contributed by atoms with Crippen molar-refractivity contribution in [2.45, 2.75) is 13.5 Å². The lowest BCUT2D eigenvalue weighted by atomic mass is 10.2. The summed E-state index contributed by atoms with van der Waals surface area (Å²) in [6, 6.07) is 15.5. The number of aromatic nitrogens is 1. The van der Waals surface area contributed by atoms with E-state index >= 15 is 0 Å². The van der Waals surface area contributed by atoms with Gasteiger partial charge < -0.3 is 19.9 Å². The van der Waals surface area contributed by atoms with Gasteiger partial charge in [0.15, 0.2) is 0 Å². The topological polar surface area (TPSA) is 72.4 Å². The van der Waals surface area contributed by atoms with Crippen LogP contribution in [0.15, 0.2) is 65.6 Å². The summed E-state index contributed by atoms with van der Waals surface area (Å²) in [5, 5.41) is 5.89. The Morgan fingerprint density at radius 1 is 1.07 bits per heavy atom. The molecule has 28 heavy (non-hydrogen) atoms. The van der Waals surface area contributed by atoms with E-state index in [1.807, 2.05) is 25.1 Å². The van der Waals surface area contributed by atoms with Gasteiger partial charge in [0, 0.05) is 11.2 Å². The Morgan fingerprint density at radius 2 is 1.75 bits per heavy atom. The number of carbonyl (C=O) groups is 1. The standard InChI is InChI=1S/C21H20ClN3O3/c1-14-11-18(24-21(27)23-17-9-5-6-10-19(17)28-2)20(26)25(12-14)13-15-7-3-4-8-16(15)22/h3-12H,13H2,1-2H3,(H2,23,24,27). The Morgan fingerprint density at radius 3 is 2.50 bits per heavy atom. The number of methoxy groups -OCH3 is 1. The van der Waals surface area contributed by atoms with Crippen LogP contribution in [0.5, 0.6) is 5.75 Å². The first-order valence-electron chi connectivity index (χ1n) is 8.63. The van der Waals surface area contributed by atoms with E-state index in [9.17, 15) is 9.59 Å². The Kier molecular flexibility index (Phi) is 6.01. The number of rotatable bonds is 5. The zero-order valence-corrected chi connectivity index (χ0v) is 16.3. The Hall–Kier alpha value is -3.25. The molecule has 0 aliphatic rings. The second-order valence-electron chi connectivity index (χ2n) is 6.24. The van der Waals surface area contributed by atoms with Gasteiger partial charge in [0.05, 0.1) is 19.3 Å². The van der Waals surface area contributed by atoms with Crippen LogP contribution in [0, 0.1) is 6.92 Å². The number of halogens is 1. The van der Waals surface area contributed by atoms with Crippen LogP contribution in [0.3, 0.4) is 0 Å². The molecule has 0 radical (unpaired) electrons. The fraction of sp³-hybridized carbons (Fsp3) is 0.143. The number of amides is 2. The van der Waals surface area contributed by atoms with Crippen molar-refractivity contribution < 1.29 is 9.53 Å². The number of pyridine rings is 1. The lowest BCUT2D eigenvalue weighted by Gasteiger charge is -2.13. The quantitative estimate of drug-likeness (QED) is 0.665. The smallest absolute Gasteiger partial charge is 0.323 e. The number of ether oxygens (including phenoxy) is 1. The summed E-state index contributed by atoms with van der Waals surface area (Å²) in [6.07, 6.45) is 1.73. The third-order valence-electron chi connectivity index (χ3n) is 4.12. The van der Waals surface area contributed by atoms with E-state index in [2.05, 4.69) is 10.6 Å². The predicted octanol–water partition coefficient (Wildman–Crippen LogP) is 4.51. The number of para-hydroxylation sites is 2. The average Bonchev–Trinajstić information content (AvgIpc) is 2.67. The first kappa shape index (κ1) is 19.5. The molecule has 0 spiro atoms. The highest BCUT2D eigenvalue weighted by Gasteiger charge is 2.12. The number of urea groups is 1. The zero-order valence-electron chi connectivity index (χ0n) is 15.5. The highest BCUT2D eigenvalue weighted by Crippen LogP contribution is 2.23. The van der Waals surface area contributed by atoms with Crippen molar-refractivity contribution in [3.63, 3.8) is 0 Å². The molecule has 1 heterocycles. The van der Waals surface area contributed by atoms with Gasteiger partial charge in [-0.25, -0.2) is 4.79 Å². The SMILES string of the molecule is COc1ccccc1NC(=O)Nc1cc(C)cn(Cc2ccccc2Cl)c1=O. The van der Waals surface area contributed by atoms with Crippen LogP contribution >= 0.6 is 11.6 Å². The van der Waals surface area contributed by atoms with Gasteiger partial charge in [-0.3, -0.25) is 4.79 Å². The van der Waals surface area contributed by atoms with Crippen molar-refractivity contribution in [3.05, 3.63) is 87.3 Å². The first-order chi connectivity index (χ1) is 13.5. The van der Waals surface area contributed by atoms with Crippen molar-refractivity contribution >= 4 is 29.0 Å². The van der Waals surface area contributed by atoms with E-state index in [1.54, 1.807) is 42.6 Å². The molecule has 2 N–H and O–H groups in total. The number of hydrogen-bond donors (Lipinski definition) is 2. The minimum atomic E-state index is -0.531. The Bertz CT molecular complexity index is 1060. The second kappa shape index (κ2) is 8.63. The maximum atomic E-state index is 12.8. The van der Waals surface area contributed by atoms with Crippen molar-refractivity contribution in [2.75, 3.05) is 17.7 Å². The highest BCUT2D eigenvalue weighted by molar-refractivity contribution is 6.31. The summed E-state index contributed by atoms with van der Waals surface area (Å²) in [7, 11) is 1.52. The van der Waals surface area contributed by atoms with E-state index in [1.165, 1.54) is 11.7 Å². The summed E-state index contributed by atoms with van der Waals surface area (Å²) in [5.74, 6) is 0.526. The lowest BCUT2D eigenvalue weighted by Crippen LogP contribution is -2.28. The number of carbonyl (C=O) groups excluding carboxylic acids is 1. The van der Waals surface area contributed by atoms with Gasteiger partial charge in [0.2, 0.25) is 0 Å². The number of anilines is 2. The van der Waals surface area contributed by atoms with Gasteiger partial charge in [0.25, 0.3) is 5.56 Å². The first-order valence-corrected chi connectivity index (χ1v) is 9.01. The second-order valence-corrected chi connectivity index (χ2v) is 6.64. The van der Waals surface area contributed by atoms with Crippen LogP contribution in [-0.4, -0.2) is 17.7 Å². The molecule has 3 aromatic rings. The Balaban J connectivity index is 1.82. The van der Waals surface area contributed by atoms with Gasteiger partial charge in [-0.2, -0.15) is 0 Å². The molecule has 0 atom stereocenters. The molecule has 2 amide bonds. The number of nitrogens with one attached hydrogen (secondary N) is 2. The van der Waals surface area contributed by atoms with Gasteiger partial charge in [-0.15, -0.1) is 0 Å². The predicted molar refractivity (Wildman–Crippen MR) is 112 cm³/mol. The van der Waals surface area contributed by atoms with Crippen molar-refractivity contribution in [3.8, 4) is 5.75 Å². The third-order valence-corrected chi connectivity index (χ3v) is 4.49. The van der Waals surface area contributed by atoms with Crippen LogP contribution in [0.1, 0.15) is 11.1 Å². The maximum absolute atomic E-state index is 12.8. The normalized spacial score (nSPS) is 10.4. The largest absolute Gasteiger partial charge is 0.495 e. The van der Waals surface area contributed by atoms with Crippen LogP contribution in [0.2, 0.25) is 5.02 Å². The molecule has 2 aromatic carbocycles. The van der Waals surface area contributed by atoms with Crippen molar-refractivity contribution in [1.29, 1.82) is 0 Å². The molecule has 0 fully saturated rings. The number of benzene rings is 2. The Labute approximate surface area is 167 Å². The van der Waals surface area contributed by atoms with Crippen LogP contribution < -0.4 is 20.9 Å².